The minimum Gasteiger partial charge on any atom is -0.374 e. The molecular formula is C11H14F3N3OS. The maximum atomic E-state index is 12.6. The maximum Gasteiger partial charge on any atom is 0.445 e. The Balaban J connectivity index is 1.82. The van der Waals surface area contributed by atoms with E-state index in [1.807, 2.05) is 4.90 Å². The number of rotatable bonds is 1. The third kappa shape index (κ3) is 2.55. The Morgan fingerprint density at radius 1 is 1.21 bits per heavy atom. The fourth-order valence-corrected chi connectivity index (χ4v) is 3.58. The maximum absolute atomic E-state index is 12.6. The number of alkyl halides is 3. The number of halogens is 3. The number of hydrogen-bond acceptors (Lipinski definition) is 5. The van der Waals surface area contributed by atoms with Crippen molar-refractivity contribution in [1.82, 2.24) is 10.2 Å². The molecule has 0 radical (unpaired) electrons. The second-order valence-electron chi connectivity index (χ2n) is 4.84. The monoisotopic (exact) mass is 293 g/mol. The van der Waals surface area contributed by atoms with Crippen LogP contribution in [0.2, 0.25) is 0 Å². The second kappa shape index (κ2) is 4.90. The van der Waals surface area contributed by atoms with E-state index < -0.39 is 11.2 Å². The molecule has 2 atom stereocenters. The third-order valence-electron chi connectivity index (χ3n) is 3.63. The Kier molecular flexibility index (Phi) is 3.38. The molecule has 1 saturated heterocycles. The molecule has 2 fully saturated rings. The van der Waals surface area contributed by atoms with Crippen LogP contribution in [0.15, 0.2) is 0 Å². The summed E-state index contributed by atoms with van der Waals surface area (Å²) in [5.74, 6) is 0. The van der Waals surface area contributed by atoms with Crippen LogP contribution in [0, 0.1) is 0 Å². The van der Waals surface area contributed by atoms with Crippen molar-refractivity contribution in [3.05, 3.63) is 5.01 Å². The fourth-order valence-electron chi connectivity index (χ4n) is 2.78. The molecule has 1 aliphatic heterocycles. The van der Waals surface area contributed by atoms with Gasteiger partial charge in [0, 0.05) is 6.54 Å². The number of fused-ring (bicyclic) bond motifs is 1. The number of ether oxygens (including phenoxy) is 1. The first kappa shape index (κ1) is 13.1. The Labute approximate surface area is 112 Å². The zero-order valence-electron chi connectivity index (χ0n) is 10.2. The van der Waals surface area contributed by atoms with Gasteiger partial charge in [0.05, 0.1) is 18.8 Å². The fraction of sp³-hybridized carbons (Fsp3) is 0.818. The predicted octanol–water partition coefficient (Wildman–Crippen LogP) is 2.70. The first-order valence-corrected chi connectivity index (χ1v) is 7.16. The average Bonchev–Trinajstić information content (AvgIpc) is 2.87. The summed E-state index contributed by atoms with van der Waals surface area (Å²) in [6, 6.07) is 0.150. The van der Waals surface area contributed by atoms with Crippen molar-refractivity contribution < 1.29 is 17.9 Å². The van der Waals surface area contributed by atoms with Gasteiger partial charge in [-0.05, 0) is 12.8 Å². The van der Waals surface area contributed by atoms with Crippen LogP contribution in [0.25, 0.3) is 0 Å². The van der Waals surface area contributed by atoms with E-state index in [0.29, 0.717) is 29.6 Å². The number of morpholine rings is 1. The lowest BCUT2D eigenvalue weighted by Crippen LogP contribution is -2.52. The highest BCUT2D eigenvalue weighted by Crippen LogP contribution is 2.37. The molecule has 0 spiro atoms. The van der Waals surface area contributed by atoms with Crippen molar-refractivity contribution in [2.45, 2.75) is 44.0 Å². The summed E-state index contributed by atoms with van der Waals surface area (Å²) in [5, 5.41) is 6.47. The molecule has 3 rings (SSSR count). The highest BCUT2D eigenvalue weighted by Gasteiger charge is 2.39. The first-order valence-electron chi connectivity index (χ1n) is 6.34. The Bertz CT molecular complexity index is 449. The molecule has 0 unspecified atom stereocenters. The Morgan fingerprint density at radius 3 is 2.74 bits per heavy atom. The molecule has 1 saturated carbocycles. The van der Waals surface area contributed by atoms with Crippen LogP contribution in [0.5, 0.6) is 0 Å². The van der Waals surface area contributed by atoms with E-state index in [0.717, 1.165) is 25.7 Å². The molecule has 1 aromatic rings. The standard InChI is InChI=1S/C11H14F3N3OS/c12-11(13,14)9-15-16-10(19-9)17-5-6-18-8-4-2-1-3-7(8)17/h7-8H,1-6H2/t7-,8-/m0/s1. The molecule has 2 aliphatic rings. The molecule has 2 heterocycles. The topological polar surface area (TPSA) is 38.2 Å². The van der Waals surface area contributed by atoms with Gasteiger partial charge in [-0.1, -0.05) is 24.2 Å². The van der Waals surface area contributed by atoms with E-state index in [9.17, 15) is 13.2 Å². The molecule has 0 bridgehead atoms. The van der Waals surface area contributed by atoms with Crippen molar-refractivity contribution >= 4 is 16.5 Å². The van der Waals surface area contributed by atoms with Gasteiger partial charge in [-0.3, -0.25) is 0 Å². The van der Waals surface area contributed by atoms with Gasteiger partial charge >= 0.3 is 6.18 Å². The van der Waals surface area contributed by atoms with Crippen LogP contribution in [-0.4, -0.2) is 35.5 Å². The van der Waals surface area contributed by atoms with E-state index in [1.165, 1.54) is 0 Å². The molecule has 8 heteroatoms. The molecule has 1 aliphatic carbocycles. The van der Waals surface area contributed by atoms with Gasteiger partial charge in [-0.25, -0.2) is 0 Å². The Morgan fingerprint density at radius 2 is 2.00 bits per heavy atom. The summed E-state index contributed by atoms with van der Waals surface area (Å²) < 4.78 is 43.4. The minimum atomic E-state index is -4.41. The molecule has 4 nitrogen and oxygen atoms in total. The predicted molar refractivity (Wildman–Crippen MR) is 64.3 cm³/mol. The average molecular weight is 293 g/mol. The van der Waals surface area contributed by atoms with Gasteiger partial charge in [0.2, 0.25) is 10.1 Å². The summed E-state index contributed by atoms with van der Waals surface area (Å²) in [6.45, 7) is 1.13. The minimum absolute atomic E-state index is 0.126. The van der Waals surface area contributed by atoms with Crippen LogP contribution >= 0.6 is 11.3 Å². The number of hydrogen-bond donors (Lipinski definition) is 0. The van der Waals surface area contributed by atoms with E-state index in [1.54, 1.807) is 0 Å². The van der Waals surface area contributed by atoms with E-state index in [4.69, 9.17) is 4.74 Å². The number of anilines is 1. The van der Waals surface area contributed by atoms with Crippen LogP contribution in [0.1, 0.15) is 30.7 Å². The normalized spacial score (nSPS) is 28.3. The number of nitrogens with zero attached hydrogens (tertiary/aromatic N) is 3. The largest absolute Gasteiger partial charge is 0.445 e. The SMILES string of the molecule is FC(F)(F)c1nnc(N2CCO[C@H]3CCCC[C@@H]32)s1. The van der Waals surface area contributed by atoms with E-state index in [-0.39, 0.29) is 12.1 Å². The smallest absolute Gasteiger partial charge is 0.374 e. The lowest BCUT2D eigenvalue weighted by Gasteiger charge is -2.43. The van der Waals surface area contributed by atoms with Gasteiger partial charge in [0.25, 0.3) is 0 Å². The summed E-state index contributed by atoms with van der Waals surface area (Å²) in [4.78, 5) is 1.94. The first-order chi connectivity index (χ1) is 9.05. The number of aromatic nitrogens is 2. The van der Waals surface area contributed by atoms with Crippen molar-refractivity contribution in [3.63, 3.8) is 0 Å². The molecule has 106 valence electrons. The van der Waals surface area contributed by atoms with Crippen molar-refractivity contribution in [2.75, 3.05) is 18.1 Å². The van der Waals surface area contributed by atoms with Crippen molar-refractivity contribution in [3.8, 4) is 0 Å². The second-order valence-corrected chi connectivity index (χ2v) is 5.80. The third-order valence-corrected chi connectivity index (χ3v) is 4.64. The highest BCUT2D eigenvalue weighted by molar-refractivity contribution is 7.15. The highest BCUT2D eigenvalue weighted by atomic mass is 32.1. The zero-order chi connectivity index (χ0) is 13.5. The molecule has 0 N–H and O–H groups in total. The lowest BCUT2D eigenvalue weighted by molar-refractivity contribution is -0.138. The molecule has 0 amide bonds. The van der Waals surface area contributed by atoms with Crippen LogP contribution in [0.4, 0.5) is 18.3 Å². The van der Waals surface area contributed by atoms with E-state index in [2.05, 4.69) is 10.2 Å². The van der Waals surface area contributed by atoms with Gasteiger partial charge in [0.1, 0.15) is 0 Å². The van der Waals surface area contributed by atoms with Gasteiger partial charge in [0.15, 0.2) is 0 Å². The van der Waals surface area contributed by atoms with Crippen LogP contribution < -0.4 is 4.90 Å². The summed E-state index contributed by atoms with van der Waals surface area (Å²) >= 11 is 0.625. The quantitative estimate of drug-likeness (QED) is 0.798. The van der Waals surface area contributed by atoms with Gasteiger partial charge < -0.3 is 9.64 Å². The van der Waals surface area contributed by atoms with E-state index >= 15 is 0 Å². The van der Waals surface area contributed by atoms with Crippen molar-refractivity contribution in [2.24, 2.45) is 0 Å². The summed E-state index contributed by atoms with van der Waals surface area (Å²) in [6.07, 6.45) is -0.141. The Hall–Kier alpha value is -0.890. The lowest BCUT2D eigenvalue weighted by atomic mass is 9.90. The van der Waals surface area contributed by atoms with Crippen molar-refractivity contribution in [1.29, 1.82) is 0 Å². The zero-order valence-corrected chi connectivity index (χ0v) is 11.0. The molecule has 0 aromatic carbocycles. The molecule has 19 heavy (non-hydrogen) atoms. The molecule has 1 aromatic heterocycles. The molecular weight excluding hydrogens is 279 g/mol. The summed E-state index contributed by atoms with van der Waals surface area (Å²) in [7, 11) is 0. The van der Waals surface area contributed by atoms with Gasteiger partial charge in [-0.15, -0.1) is 10.2 Å². The van der Waals surface area contributed by atoms with Crippen LogP contribution in [0.3, 0.4) is 0 Å². The summed E-state index contributed by atoms with van der Waals surface area (Å²) in [5.41, 5.74) is 0. The van der Waals surface area contributed by atoms with Gasteiger partial charge in [-0.2, -0.15) is 13.2 Å². The van der Waals surface area contributed by atoms with Crippen LogP contribution in [-0.2, 0) is 10.9 Å².